The van der Waals surface area contributed by atoms with E-state index in [1.54, 1.807) is 24.5 Å². The van der Waals surface area contributed by atoms with Crippen molar-refractivity contribution in [1.82, 2.24) is 9.97 Å². The van der Waals surface area contributed by atoms with Crippen LogP contribution < -0.4 is 10.1 Å². The fourth-order valence-electron chi connectivity index (χ4n) is 3.74. The van der Waals surface area contributed by atoms with Gasteiger partial charge in [-0.25, -0.2) is 4.98 Å². The Kier molecular flexibility index (Phi) is 5.99. The number of ether oxygens (including phenoxy) is 1. The smallest absolute Gasteiger partial charge is 0.257 e. The number of fused-ring (bicyclic) bond motifs is 1. The zero-order valence-electron chi connectivity index (χ0n) is 16.0. The zero-order valence-corrected chi connectivity index (χ0v) is 17.6. The summed E-state index contributed by atoms with van der Waals surface area (Å²) in [4.78, 5) is 21.4. The number of aliphatic hydroxyl groups excluding tert-OH is 1. The predicted octanol–water partition coefficient (Wildman–Crippen LogP) is 4.87. The van der Waals surface area contributed by atoms with E-state index >= 15 is 0 Å². The molecule has 1 saturated carbocycles. The molecule has 4 rings (SSSR count). The Balaban J connectivity index is 1.59. The molecule has 6 nitrogen and oxygen atoms in total. The van der Waals surface area contributed by atoms with Crippen LogP contribution in [0.4, 0.5) is 5.69 Å². The average molecular weight is 432 g/mol. The van der Waals surface area contributed by atoms with Gasteiger partial charge in [-0.1, -0.05) is 11.6 Å². The van der Waals surface area contributed by atoms with Gasteiger partial charge in [0, 0.05) is 31.0 Å². The third kappa shape index (κ3) is 4.37. The number of carbonyl (C=O) groups is 1. The average Bonchev–Trinajstić information content (AvgIpc) is 3.16. The van der Waals surface area contributed by atoms with Crippen LogP contribution in [0.3, 0.4) is 0 Å². The minimum atomic E-state index is -0.301. The van der Waals surface area contributed by atoms with E-state index in [1.165, 1.54) is 12.4 Å². The van der Waals surface area contributed by atoms with E-state index in [9.17, 15) is 9.90 Å². The molecule has 1 aliphatic rings. The summed E-state index contributed by atoms with van der Waals surface area (Å²) in [5.74, 6) is 1.10. The number of aliphatic hydroxyl groups is 1. The molecule has 3 aromatic rings. The largest absolute Gasteiger partial charge is 0.494 e. The molecule has 1 aliphatic carbocycles. The van der Waals surface area contributed by atoms with E-state index in [2.05, 4.69) is 10.3 Å². The number of hydrogen-bond donors (Lipinski definition) is 2. The maximum Gasteiger partial charge on any atom is 0.257 e. The van der Waals surface area contributed by atoms with Gasteiger partial charge in [-0.3, -0.25) is 9.78 Å². The van der Waals surface area contributed by atoms with Crippen molar-refractivity contribution in [2.45, 2.75) is 31.6 Å². The minimum Gasteiger partial charge on any atom is -0.494 e. The number of thiazole rings is 1. The van der Waals surface area contributed by atoms with Gasteiger partial charge in [-0.05, 0) is 43.7 Å². The summed E-state index contributed by atoms with van der Waals surface area (Å²) in [6.45, 7) is 0.273. The molecule has 2 heterocycles. The molecule has 0 radical (unpaired) electrons. The fraction of sp³-hybridized carbons (Fsp3) is 0.381. The van der Waals surface area contributed by atoms with Crippen molar-refractivity contribution >= 4 is 44.7 Å². The highest BCUT2D eigenvalue weighted by Gasteiger charge is 2.25. The van der Waals surface area contributed by atoms with E-state index in [0.29, 0.717) is 33.9 Å². The molecule has 1 aromatic carbocycles. The van der Waals surface area contributed by atoms with Crippen LogP contribution in [-0.4, -0.2) is 34.7 Å². The molecule has 0 spiro atoms. The number of hydrogen-bond acceptors (Lipinski definition) is 6. The molecular formula is C21H22ClN3O3S. The van der Waals surface area contributed by atoms with Gasteiger partial charge in [0.1, 0.15) is 5.75 Å². The third-order valence-electron chi connectivity index (χ3n) is 5.40. The molecule has 152 valence electrons. The Hall–Kier alpha value is -2.22. The van der Waals surface area contributed by atoms with Gasteiger partial charge in [0.15, 0.2) is 0 Å². The number of nitrogens with one attached hydrogen (secondary N) is 1. The number of rotatable bonds is 5. The van der Waals surface area contributed by atoms with Gasteiger partial charge >= 0.3 is 0 Å². The van der Waals surface area contributed by atoms with Crippen LogP contribution in [0.15, 0.2) is 30.6 Å². The second-order valence-electron chi connectivity index (χ2n) is 7.32. The summed E-state index contributed by atoms with van der Waals surface area (Å²) < 4.78 is 6.48. The van der Waals surface area contributed by atoms with Crippen molar-refractivity contribution in [2.24, 2.45) is 5.92 Å². The Morgan fingerprint density at radius 2 is 2.07 bits per heavy atom. The Labute approximate surface area is 177 Å². The number of aromatic nitrogens is 2. The van der Waals surface area contributed by atoms with E-state index in [1.807, 2.05) is 12.1 Å². The van der Waals surface area contributed by atoms with Gasteiger partial charge in [-0.15, -0.1) is 11.3 Å². The highest BCUT2D eigenvalue weighted by molar-refractivity contribution is 7.18. The molecule has 0 bridgehead atoms. The molecule has 0 atom stereocenters. The number of anilines is 1. The van der Waals surface area contributed by atoms with Crippen LogP contribution in [-0.2, 0) is 0 Å². The van der Waals surface area contributed by atoms with Gasteiger partial charge in [0.25, 0.3) is 5.91 Å². The van der Waals surface area contributed by atoms with E-state index in [4.69, 9.17) is 21.3 Å². The monoisotopic (exact) mass is 431 g/mol. The molecule has 0 unspecified atom stereocenters. The van der Waals surface area contributed by atoms with Crippen molar-refractivity contribution in [3.05, 3.63) is 46.2 Å². The maximum atomic E-state index is 12.6. The van der Waals surface area contributed by atoms with Crippen molar-refractivity contribution in [3.8, 4) is 5.75 Å². The SMILES string of the molecule is COc1cc2nc(C3CCC(CO)CC3)sc2cc1NC(=O)c1cncc(Cl)c1. The van der Waals surface area contributed by atoms with Crippen molar-refractivity contribution in [3.63, 3.8) is 0 Å². The zero-order chi connectivity index (χ0) is 20.4. The summed E-state index contributed by atoms with van der Waals surface area (Å²) in [6.07, 6.45) is 7.13. The standard InChI is InChI=1S/C21H22ClN3O3S/c1-28-18-7-17-19(29-21(25-17)13-4-2-12(11-26)3-5-13)8-16(18)24-20(27)14-6-15(22)10-23-9-14/h6-10,12-13,26H,2-5,11H2,1H3,(H,24,27). The van der Waals surface area contributed by atoms with Gasteiger partial charge in [0.05, 0.1) is 38.6 Å². The highest BCUT2D eigenvalue weighted by Crippen LogP contribution is 2.41. The Morgan fingerprint density at radius 3 is 2.76 bits per heavy atom. The molecule has 29 heavy (non-hydrogen) atoms. The minimum absolute atomic E-state index is 0.273. The lowest BCUT2D eigenvalue weighted by Crippen LogP contribution is -2.15. The molecule has 2 N–H and O–H groups in total. The number of methoxy groups -OCH3 is 1. The lowest BCUT2D eigenvalue weighted by Gasteiger charge is -2.25. The number of pyridine rings is 1. The van der Waals surface area contributed by atoms with E-state index in [0.717, 1.165) is 40.9 Å². The first-order valence-electron chi connectivity index (χ1n) is 9.58. The summed E-state index contributed by atoms with van der Waals surface area (Å²) in [5.41, 5.74) is 1.84. The van der Waals surface area contributed by atoms with Crippen LogP contribution in [0.1, 0.15) is 47.0 Å². The predicted molar refractivity (Wildman–Crippen MR) is 115 cm³/mol. The van der Waals surface area contributed by atoms with Gasteiger partial charge in [0.2, 0.25) is 0 Å². The molecule has 2 aromatic heterocycles. The normalized spacial score (nSPS) is 19.3. The second-order valence-corrected chi connectivity index (χ2v) is 8.82. The Bertz CT molecular complexity index is 1030. The van der Waals surface area contributed by atoms with Crippen LogP contribution in [0.25, 0.3) is 10.2 Å². The van der Waals surface area contributed by atoms with Crippen molar-refractivity contribution in [1.29, 1.82) is 0 Å². The summed E-state index contributed by atoms with van der Waals surface area (Å²) in [6, 6.07) is 5.34. The topological polar surface area (TPSA) is 84.3 Å². The van der Waals surface area contributed by atoms with Crippen LogP contribution in [0.2, 0.25) is 5.02 Å². The maximum absolute atomic E-state index is 12.6. The first-order chi connectivity index (χ1) is 14.1. The molecule has 1 amide bonds. The third-order valence-corrected chi connectivity index (χ3v) is 6.78. The number of nitrogens with zero attached hydrogens (tertiary/aromatic N) is 2. The molecule has 0 aliphatic heterocycles. The Morgan fingerprint density at radius 1 is 1.28 bits per heavy atom. The second kappa shape index (κ2) is 8.65. The first-order valence-corrected chi connectivity index (χ1v) is 10.8. The fourth-order valence-corrected chi connectivity index (χ4v) is 5.07. The number of amides is 1. The lowest BCUT2D eigenvalue weighted by molar-refractivity contribution is 0.102. The highest BCUT2D eigenvalue weighted by atomic mass is 35.5. The van der Waals surface area contributed by atoms with Crippen molar-refractivity contribution in [2.75, 3.05) is 19.0 Å². The first kappa shape index (κ1) is 20.1. The van der Waals surface area contributed by atoms with E-state index in [-0.39, 0.29) is 12.5 Å². The molecular weight excluding hydrogens is 410 g/mol. The number of carbonyl (C=O) groups excluding carboxylic acids is 1. The van der Waals surface area contributed by atoms with Crippen LogP contribution in [0, 0.1) is 5.92 Å². The van der Waals surface area contributed by atoms with Crippen LogP contribution >= 0.6 is 22.9 Å². The summed E-state index contributed by atoms with van der Waals surface area (Å²) in [5, 5.41) is 13.8. The quantitative estimate of drug-likeness (QED) is 0.601. The van der Waals surface area contributed by atoms with Gasteiger partial charge < -0.3 is 15.2 Å². The summed E-state index contributed by atoms with van der Waals surface area (Å²) >= 11 is 7.59. The van der Waals surface area contributed by atoms with Gasteiger partial charge in [-0.2, -0.15) is 0 Å². The molecule has 8 heteroatoms. The molecule has 1 fully saturated rings. The van der Waals surface area contributed by atoms with Crippen molar-refractivity contribution < 1.29 is 14.6 Å². The summed E-state index contributed by atoms with van der Waals surface area (Å²) in [7, 11) is 1.57. The molecule has 0 saturated heterocycles. The van der Waals surface area contributed by atoms with Crippen LogP contribution in [0.5, 0.6) is 5.75 Å². The van der Waals surface area contributed by atoms with E-state index < -0.39 is 0 Å². The lowest BCUT2D eigenvalue weighted by atomic mass is 9.83. The number of benzene rings is 1. The number of halogens is 1.